The lowest BCUT2D eigenvalue weighted by atomic mass is 9.89. The minimum atomic E-state index is -0.457. The van der Waals surface area contributed by atoms with Gasteiger partial charge in [-0.1, -0.05) is 17.7 Å². The first-order chi connectivity index (χ1) is 11.1. The Labute approximate surface area is 140 Å². The van der Waals surface area contributed by atoms with E-state index >= 15 is 0 Å². The number of carbonyl (C=O) groups excluding carboxylic acids is 1. The number of piperidine rings is 1. The molecule has 0 bridgehead atoms. The van der Waals surface area contributed by atoms with E-state index in [9.17, 15) is 9.18 Å². The molecule has 0 atom stereocenters. The molecule has 1 heterocycles. The Bertz CT molecular complexity index is 523. The topological polar surface area (TPSA) is 82.4 Å². The lowest BCUT2D eigenvalue weighted by molar-refractivity contribution is 0.207. The summed E-state index contributed by atoms with van der Waals surface area (Å²) in [6.07, 6.45) is 2.95. The second kappa shape index (κ2) is 9.02. The van der Waals surface area contributed by atoms with Crippen molar-refractivity contribution in [3.63, 3.8) is 0 Å². The summed E-state index contributed by atoms with van der Waals surface area (Å²) in [5, 5.41) is 0.176. The summed E-state index contributed by atoms with van der Waals surface area (Å²) >= 11 is 5.73. The van der Waals surface area contributed by atoms with Crippen molar-refractivity contribution in [2.75, 3.05) is 26.2 Å². The molecule has 8 heteroatoms. The van der Waals surface area contributed by atoms with Gasteiger partial charge in [-0.15, -0.1) is 0 Å². The molecular formula is C15H23ClFN5O. The summed E-state index contributed by atoms with van der Waals surface area (Å²) in [6, 6.07) is 4.65. The maximum absolute atomic E-state index is 13.5. The summed E-state index contributed by atoms with van der Waals surface area (Å²) < 4.78 is 13.5. The largest absolute Gasteiger partial charge is 0.343 e. The molecule has 2 amide bonds. The normalized spacial score (nSPS) is 16.3. The Morgan fingerprint density at radius 3 is 2.78 bits per heavy atom. The first-order valence-corrected chi connectivity index (χ1v) is 8.14. The molecule has 1 saturated heterocycles. The van der Waals surface area contributed by atoms with E-state index in [-0.39, 0.29) is 10.8 Å². The third kappa shape index (κ3) is 5.62. The average Bonchev–Trinajstić information content (AvgIpc) is 2.57. The van der Waals surface area contributed by atoms with E-state index < -0.39 is 6.03 Å². The number of halogens is 2. The quantitative estimate of drug-likeness (QED) is 0.274. The maximum Gasteiger partial charge on any atom is 0.343 e. The van der Waals surface area contributed by atoms with Crippen LogP contribution in [0.4, 0.5) is 9.18 Å². The highest BCUT2D eigenvalue weighted by molar-refractivity contribution is 6.30. The van der Waals surface area contributed by atoms with Gasteiger partial charge < -0.3 is 4.90 Å². The van der Waals surface area contributed by atoms with Crippen LogP contribution in [0.15, 0.2) is 18.2 Å². The van der Waals surface area contributed by atoms with Crippen molar-refractivity contribution in [3.8, 4) is 0 Å². The van der Waals surface area contributed by atoms with E-state index in [1.165, 1.54) is 0 Å². The Balaban J connectivity index is 1.66. The summed E-state index contributed by atoms with van der Waals surface area (Å²) in [6.45, 7) is 3.62. The molecule has 0 saturated carbocycles. The average molecular weight is 344 g/mol. The Morgan fingerprint density at radius 2 is 2.13 bits per heavy atom. The highest BCUT2D eigenvalue weighted by Crippen LogP contribution is 2.29. The number of likely N-dealkylation sites (tertiary alicyclic amines) is 1. The van der Waals surface area contributed by atoms with Crippen LogP contribution in [0.25, 0.3) is 0 Å². The molecule has 1 aromatic rings. The second-order valence-electron chi connectivity index (χ2n) is 5.67. The molecule has 0 spiro atoms. The number of nitrogens with zero attached hydrogens (tertiary/aromatic N) is 1. The molecular weight excluding hydrogens is 321 g/mol. The van der Waals surface area contributed by atoms with E-state index in [1.54, 1.807) is 12.1 Å². The van der Waals surface area contributed by atoms with Crippen LogP contribution in [0.3, 0.4) is 0 Å². The molecule has 23 heavy (non-hydrogen) atoms. The molecule has 0 radical (unpaired) electrons. The maximum atomic E-state index is 13.5. The molecule has 1 aromatic carbocycles. The monoisotopic (exact) mass is 343 g/mol. The third-order valence-electron chi connectivity index (χ3n) is 4.11. The van der Waals surface area contributed by atoms with Crippen molar-refractivity contribution in [1.82, 2.24) is 21.2 Å². The van der Waals surface area contributed by atoms with Gasteiger partial charge in [-0.05, 0) is 62.5 Å². The molecule has 1 aliphatic rings. The standard InChI is InChI=1S/C15H23ClFN5O/c16-13-3-2-12(10-14(13)17)11-4-8-22(9-5-11)7-1-6-19-21-15(23)20-18/h2-3,10-11,19H,1,4-9,18H2,(H2,20,21,23). The van der Waals surface area contributed by atoms with E-state index in [4.69, 9.17) is 17.4 Å². The zero-order valence-electron chi connectivity index (χ0n) is 12.9. The third-order valence-corrected chi connectivity index (χ3v) is 4.42. The predicted octanol–water partition coefficient (Wildman–Crippen LogP) is 1.73. The van der Waals surface area contributed by atoms with Crippen LogP contribution in [0, 0.1) is 5.82 Å². The van der Waals surface area contributed by atoms with E-state index in [1.807, 2.05) is 11.5 Å². The Hall–Kier alpha value is -1.41. The van der Waals surface area contributed by atoms with Crippen molar-refractivity contribution >= 4 is 17.6 Å². The van der Waals surface area contributed by atoms with Gasteiger partial charge in [-0.2, -0.15) is 0 Å². The van der Waals surface area contributed by atoms with Gasteiger partial charge in [-0.3, -0.25) is 10.9 Å². The first kappa shape index (κ1) is 17.9. The van der Waals surface area contributed by atoms with Gasteiger partial charge in [0.25, 0.3) is 0 Å². The van der Waals surface area contributed by atoms with Gasteiger partial charge in [0.2, 0.25) is 0 Å². The minimum Gasteiger partial charge on any atom is -0.303 e. The van der Waals surface area contributed by atoms with Crippen LogP contribution in [0.5, 0.6) is 0 Å². The minimum absolute atomic E-state index is 0.176. The zero-order valence-corrected chi connectivity index (χ0v) is 13.7. The number of hydrogen-bond acceptors (Lipinski definition) is 4. The number of amides is 2. The molecule has 5 N–H and O–H groups in total. The summed E-state index contributed by atoms with van der Waals surface area (Å²) in [5.74, 6) is 4.99. The molecule has 0 unspecified atom stereocenters. The van der Waals surface area contributed by atoms with Gasteiger partial charge >= 0.3 is 6.03 Å². The van der Waals surface area contributed by atoms with Crippen molar-refractivity contribution in [3.05, 3.63) is 34.6 Å². The van der Waals surface area contributed by atoms with Crippen LogP contribution in [0.1, 0.15) is 30.7 Å². The molecule has 1 fully saturated rings. The number of nitrogens with one attached hydrogen (secondary N) is 3. The van der Waals surface area contributed by atoms with Gasteiger partial charge in [0, 0.05) is 6.54 Å². The fraction of sp³-hybridized carbons (Fsp3) is 0.533. The molecule has 128 valence electrons. The van der Waals surface area contributed by atoms with E-state index in [2.05, 4.69) is 15.8 Å². The van der Waals surface area contributed by atoms with Crippen molar-refractivity contribution in [2.45, 2.75) is 25.2 Å². The first-order valence-electron chi connectivity index (χ1n) is 7.77. The fourth-order valence-electron chi connectivity index (χ4n) is 2.83. The van der Waals surface area contributed by atoms with Crippen molar-refractivity contribution in [1.29, 1.82) is 0 Å². The molecule has 6 nitrogen and oxygen atoms in total. The summed E-state index contributed by atoms with van der Waals surface area (Å²) in [5.41, 5.74) is 8.23. The van der Waals surface area contributed by atoms with Gasteiger partial charge in [0.1, 0.15) is 5.82 Å². The molecule has 2 rings (SSSR count). The molecule has 0 aliphatic carbocycles. The smallest absolute Gasteiger partial charge is 0.303 e. The number of hydrazine groups is 2. The number of rotatable bonds is 6. The molecule has 1 aliphatic heterocycles. The summed E-state index contributed by atoms with van der Waals surface area (Å²) in [4.78, 5) is 13.2. The van der Waals surface area contributed by atoms with Crippen molar-refractivity contribution < 1.29 is 9.18 Å². The highest BCUT2D eigenvalue weighted by atomic mass is 35.5. The van der Waals surface area contributed by atoms with Gasteiger partial charge in [0.05, 0.1) is 5.02 Å². The number of carbonyl (C=O) groups is 1. The lowest BCUT2D eigenvalue weighted by Gasteiger charge is -2.32. The number of hydrogen-bond donors (Lipinski definition) is 4. The number of urea groups is 1. The van der Waals surface area contributed by atoms with Crippen LogP contribution in [0.2, 0.25) is 5.02 Å². The SMILES string of the molecule is NNC(=O)NNCCCN1CCC(c2ccc(Cl)c(F)c2)CC1. The lowest BCUT2D eigenvalue weighted by Crippen LogP contribution is -2.47. The number of benzene rings is 1. The van der Waals surface area contributed by atoms with Crippen LogP contribution < -0.4 is 22.1 Å². The van der Waals surface area contributed by atoms with Crippen LogP contribution in [-0.4, -0.2) is 37.1 Å². The van der Waals surface area contributed by atoms with Gasteiger partial charge in [-0.25, -0.2) is 20.5 Å². The van der Waals surface area contributed by atoms with E-state index in [0.717, 1.165) is 44.5 Å². The van der Waals surface area contributed by atoms with Crippen molar-refractivity contribution in [2.24, 2.45) is 5.84 Å². The van der Waals surface area contributed by atoms with Crippen LogP contribution in [-0.2, 0) is 0 Å². The molecule has 0 aromatic heterocycles. The summed E-state index contributed by atoms with van der Waals surface area (Å²) in [7, 11) is 0. The second-order valence-corrected chi connectivity index (χ2v) is 6.08. The van der Waals surface area contributed by atoms with Crippen LogP contribution >= 0.6 is 11.6 Å². The fourth-order valence-corrected chi connectivity index (χ4v) is 2.94. The Morgan fingerprint density at radius 1 is 1.39 bits per heavy atom. The van der Waals surface area contributed by atoms with E-state index in [0.29, 0.717) is 12.5 Å². The zero-order chi connectivity index (χ0) is 16.7. The van der Waals surface area contributed by atoms with Gasteiger partial charge in [0.15, 0.2) is 0 Å². The number of nitrogens with two attached hydrogens (primary N) is 1. The highest BCUT2D eigenvalue weighted by Gasteiger charge is 2.20. The Kier molecular flexibility index (Phi) is 7.04. The predicted molar refractivity (Wildman–Crippen MR) is 88.3 cm³/mol.